The van der Waals surface area contributed by atoms with E-state index in [1.165, 1.54) is 0 Å². The Morgan fingerprint density at radius 2 is 2.17 bits per heavy atom. The van der Waals surface area contributed by atoms with Crippen LogP contribution in [0.25, 0.3) is 0 Å². The van der Waals surface area contributed by atoms with Crippen LogP contribution >= 0.6 is 0 Å². The molecule has 0 radical (unpaired) electrons. The van der Waals surface area contributed by atoms with Crippen molar-refractivity contribution in [2.75, 3.05) is 13.6 Å². The zero-order chi connectivity index (χ0) is 9.56. The van der Waals surface area contributed by atoms with Gasteiger partial charge in [-0.05, 0) is 12.3 Å². The van der Waals surface area contributed by atoms with E-state index in [2.05, 4.69) is 38.3 Å². The largest absolute Gasteiger partial charge is 0.378 e. The minimum Gasteiger partial charge on any atom is -0.378 e. The highest BCUT2D eigenvalue weighted by Crippen LogP contribution is 2.08. The van der Waals surface area contributed by atoms with Crippen LogP contribution in [0.15, 0.2) is 12.3 Å². The summed E-state index contributed by atoms with van der Waals surface area (Å²) in [6, 6.07) is 0. The second kappa shape index (κ2) is 5.71. The third-order valence-electron chi connectivity index (χ3n) is 1.74. The summed E-state index contributed by atoms with van der Waals surface area (Å²) in [6.45, 7) is 9.43. The summed E-state index contributed by atoms with van der Waals surface area (Å²) in [7, 11) is 2.07. The molecule has 0 unspecified atom stereocenters. The first-order chi connectivity index (χ1) is 5.57. The highest BCUT2D eigenvalue weighted by atomic mass is 15.1. The number of hydrogen-bond acceptors (Lipinski definition) is 1. The van der Waals surface area contributed by atoms with E-state index in [0.29, 0.717) is 5.92 Å². The molecule has 68 valence electrons. The Bertz CT molecular complexity index is 174. The van der Waals surface area contributed by atoms with Crippen LogP contribution in [-0.4, -0.2) is 18.5 Å². The van der Waals surface area contributed by atoms with Gasteiger partial charge in [-0.25, -0.2) is 0 Å². The lowest BCUT2D eigenvalue weighted by atomic mass is 10.2. The number of rotatable bonds is 5. The van der Waals surface area contributed by atoms with Gasteiger partial charge in [-0.2, -0.15) is 0 Å². The van der Waals surface area contributed by atoms with E-state index in [0.717, 1.165) is 25.1 Å². The molecule has 0 aliphatic carbocycles. The van der Waals surface area contributed by atoms with E-state index in [4.69, 9.17) is 6.42 Å². The molecule has 0 spiro atoms. The van der Waals surface area contributed by atoms with Gasteiger partial charge in [0.05, 0.1) is 0 Å². The normalized spacial score (nSPS) is 9.58. The first-order valence-corrected chi connectivity index (χ1v) is 4.40. The molecule has 0 saturated heterocycles. The summed E-state index contributed by atoms with van der Waals surface area (Å²) < 4.78 is 0. The van der Waals surface area contributed by atoms with Crippen molar-refractivity contribution in [3.63, 3.8) is 0 Å². The molecule has 0 atom stereocenters. The minimum absolute atomic E-state index is 0.678. The van der Waals surface area contributed by atoms with Gasteiger partial charge >= 0.3 is 0 Å². The Kier molecular flexibility index (Phi) is 5.28. The quantitative estimate of drug-likeness (QED) is 0.566. The van der Waals surface area contributed by atoms with Crippen molar-refractivity contribution in [3.05, 3.63) is 12.3 Å². The molecular formula is C11H19N. The van der Waals surface area contributed by atoms with Crippen molar-refractivity contribution < 1.29 is 0 Å². The maximum absolute atomic E-state index is 5.17. The maximum atomic E-state index is 5.17. The highest BCUT2D eigenvalue weighted by Gasteiger charge is 2.02. The molecule has 1 nitrogen and oxygen atoms in total. The molecule has 0 bridgehead atoms. The van der Waals surface area contributed by atoms with E-state index in [-0.39, 0.29) is 0 Å². The fourth-order valence-corrected chi connectivity index (χ4v) is 1.08. The number of terminal acetylenes is 1. The molecule has 0 aliphatic rings. The Morgan fingerprint density at radius 3 is 2.58 bits per heavy atom. The first kappa shape index (κ1) is 11.1. The van der Waals surface area contributed by atoms with Crippen LogP contribution in [0.1, 0.15) is 26.7 Å². The predicted molar refractivity (Wildman–Crippen MR) is 54.7 cm³/mol. The van der Waals surface area contributed by atoms with Gasteiger partial charge in [-0.3, -0.25) is 0 Å². The van der Waals surface area contributed by atoms with Gasteiger partial charge < -0.3 is 4.90 Å². The van der Waals surface area contributed by atoms with Crippen LogP contribution in [0.2, 0.25) is 0 Å². The van der Waals surface area contributed by atoms with Crippen LogP contribution in [0.3, 0.4) is 0 Å². The highest BCUT2D eigenvalue weighted by molar-refractivity contribution is 4.97. The fourth-order valence-electron chi connectivity index (χ4n) is 1.08. The molecule has 0 N–H and O–H groups in total. The molecule has 0 aromatic heterocycles. The van der Waals surface area contributed by atoms with Gasteiger partial charge in [0, 0.05) is 25.7 Å². The number of allylic oxidation sites excluding steroid dienone is 1. The summed E-state index contributed by atoms with van der Waals surface area (Å²) >= 11 is 0. The summed E-state index contributed by atoms with van der Waals surface area (Å²) in [5.74, 6) is 3.30. The summed E-state index contributed by atoms with van der Waals surface area (Å²) in [6.07, 6.45) is 6.88. The van der Waals surface area contributed by atoms with Crippen molar-refractivity contribution in [2.45, 2.75) is 26.7 Å². The van der Waals surface area contributed by atoms with Crippen molar-refractivity contribution in [1.82, 2.24) is 4.90 Å². The molecule has 0 fully saturated rings. The van der Waals surface area contributed by atoms with Crippen LogP contribution in [-0.2, 0) is 0 Å². The van der Waals surface area contributed by atoms with Gasteiger partial charge in [0.2, 0.25) is 0 Å². The van der Waals surface area contributed by atoms with Gasteiger partial charge in [-0.15, -0.1) is 12.3 Å². The Morgan fingerprint density at radius 1 is 1.58 bits per heavy atom. The Hall–Kier alpha value is -0.900. The Labute approximate surface area is 76.5 Å². The Balaban J connectivity index is 3.70. The summed E-state index contributed by atoms with van der Waals surface area (Å²) in [5.41, 5.74) is 1.14. The lowest BCUT2D eigenvalue weighted by molar-refractivity contribution is 0.352. The average Bonchev–Trinajstić information content (AvgIpc) is 1.98. The first-order valence-electron chi connectivity index (χ1n) is 4.40. The SMILES string of the molecule is C#CCCC(=C)N(C)CC(C)C. The van der Waals surface area contributed by atoms with Crippen molar-refractivity contribution in [2.24, 2.45) is 5.92 Å². The van der Waals surface area contributed by atoms with Crippen LogP contribution in [0.4, 0.5) is 0 Å². The fraction of sp³-hybridized carbons (Fsp3) is 0.636. The lowest BCUT2D eigenvalue weighted by Gasteiger charge is -2.23. The molecule has 0 saturated carbocycles. The zero-order valence-corrected chi connectivity index (χ0v) is 8.43. The van der Waals surface area contributed by atoms with E-state index in [1.807, 2.05) is 0 Å². The van der Waals surface area contributed by atoms with Crippen LogP contribution in [0.5, 0.6) is 0 Å². The second-order valence-electron chi connectivity index (χ2n) is 3.54. The van der Waals surface area contributed by atoms with Gasteiger partial charge in [-0.1, -0.05) is 20.4 Å². The molecule has 0 aliphatic heterocycles. The second-order valence-corrected chi connectivity index (χ2v) is 3.54. The number of hydrogen-bond donors (Lipinski definition) is 0. The van der Waals surface area contributed by atoms with E-state index >= 15 is 0 Å². The van der Waals surface area contributed by atoms with E-state index in [1.54, 1.807) is 0 Å². The van der Waals surface area contributed by atoms with Gasteiger partial charge in [0.1, 0.15) is 0 Å². The average molecular weight is 165 g/mol. The smallest absolute Gasteiger partial charge is 0.0194 e. The molecular weight excluding hydrogens is 146 g/mol. The molecule has 0 aromatic rings. The van der Waals surface area contributed by atoms with Crippen LogP contribution < -0.4 is 0 Å². The summed E-state index contributed by atoms with van der Waals surface area (Å²) in [5, 5.41) is 0. The van der Waals surface area contributed by atoms with E-state index in [9.17, 15) is 0 Å². The minimum atomic E-state index is 0.678. The van der Waals surface area contributed by atoms with Crippen molar-refractivity contribution in [3.8, 4) is 12.3 Å². The predicted octanol–water partition coefficient (Wildman–Crippen LogP) is 2.50. The molecule has 0 aromatic carbocycles. The van der Waals surface area contributed by atoms with Crippen LogP contribution in [0, 0.1) is 18.3 Å². The lowest BCUT2D eigenvalue weighted by Crippen LogP contribution is -2.21. The molecule has 0 heterocycles. The zero-order valence-electron chi connectivity index (χ0n) is 8.43. The van der Waals surface area contributed by atoms with Crippen molar-refractivity contribution in [1.29, 1.82) is 0 Å². The van der Waals surface area contributed by atoms with Crippen molar-refractivity contribution >= 4 is 0 Å². The third-order valence-corrected chi connectivity index (χ3v) is 1.74. The monoisotopic (exact) mass is 165 g/mol. The maximum Gasteiger partial charge on any atom is 0.0194 e. The molecule has 0 amide bonds. The number of nitrogens with zero attached hydrogens (tertiary/aromatic N) is 1. The molecule has 1 heteroatoms. The molecule has 12 heavy (non-hydrogen) atoms. The van der Waals surface area contributed by atoms with Gasteiger partial charge in [0.15, 0.2) is 0 Å². The molecule has 0 rings (SSSR count). The standard InChI is InChI=1S/C11H19N/c1-6-7-8-11(4)12(5)9-10(2)3/h1,10H,4,7-9H2,2-3,5H3. The topological polar surface area (TPSA) is 3.24 Å². The summed E-state index contributed by atoms with van der Waals surface area (Å²) in [4.78, 5) is 2.18. The third kappa shape index (κ3) is 4.85. The van der Waals surface area contributed by atoms with E-state index < -0.39 is 0 Å². The van der Waals surface area contributed by atoms with Gasteiger partial charge in [0.25, 0.3) is 0 Å².